The van der Waals surface area contributed by atoms with Gasteiger partial charge in [-0.15, -0.1) is 0 Å². The molecule has 6 aromatic rings. The third-order valence-electron chi connectivity index (χ3n) is 5.71. The summed E-state index contributed by atoms with van der Waals surface area (Å²) < 4.78 is 0. The molecule has 7 rings (SSSR count). The molecule has 0 fully saturated rings. The van der Waals surface area contributed by atoms with Gasteiger partial charge in [-0.05, 0) is 60.7 Å². The van der Waals surface area contributed by atoms with Crippen molar-refractivity contribution in [1.29, 1.82) is 10.5 Å². The molecule has 223 valence electrons. The Morgan fingerprint density at radius 2 is 0.717 bits per heavy atom. The molecule has 46 heavy (non-hydrogen) atoms. The van der Waals surface area contributed by atoms with E-state index in [1.54, 1.807) is 36.4 Å². The molecule has 0 unspecified atom stereocenters. The molecule has 3 aromatic carbocycles. The van der Waals surface area contributed by atoms with Gasteiger partial charge in [0.2, 0.25) is 0 Å². The summed E-state index contributed by atoms with van der Waals surface area (Å²) in [4.78, 5) is 16.7. The first-order valence-electron chi connectivity index (χ1n) is 13.7. The molecule has 0 amide bonds. The van der Waals surface area contributed by atoms with Crippen LogP contribution < -0.4 is 16.0 Å². The van der Waals surface area contributed by atoms with Gasteiger partial charge in [-0.1, -0.05) is 84.9 Å². The molecule has 3 aromatic heterocycles. The maximum atomic E-state index is 8.29. The number of hydrogen-bond acceptors (Lipinski definition) is 8. The van der Waals surface area contributed by atoms with Crippen LogP contribution in [0.3, 0.4) is 0 Å². The van der Waals surface area contributed by atoms with E-state index in [4.69, 9.17) is 17.1 Å². The van der Waals surface area contributed by atoms with Crippen molar-refractivity contribution in [2.45, 2.75) is 0 Å². The van der Waals surface area contributed by atoms with Gasteiger partial charge in [0.05, 0.1) is 29.8 Å². The second-order valence-corrected chi connectivity index (χ2v) is 9.00. The molecule has 4 heterocycles. The van der Waals surface area contributed by atoms with Crippen molar-refractivity contribution in [2.24, 2.45) is 0 Å². The first-order valence-corrected chi connectivity index (χ1v) is 13.7. The molecule has 1 radical (unpaired) electrons. The Balaban J connectivity index is 0.000000191. The monoisotopic (exact) mass is 687 g/mol. The van der Waals surface area contributed by atoms with Crippen LogP contribution in [0, 0.1) is 29.2 Å². The first kappa shape index (κ1) is 34.1. The summed E-state index contributed by atoms with van der Waals surface area (Å²) >= 11 is 0. The summed E-state index contributed by atoms with van der Waals surface area (Å²) in [6, 6.07) is 48.6. The van der Waals surface area contributed by atoms with E-state index < -0.39 is 0 Å². The van der Waals surface area contributed by atoms with Crippen LogP contribution >= 0.6 is 0 Å². The van der Waals surface area contributed by atoms with Crippen molar-refractivity contribution in [3.8, 4) is 12.1 Å². The van der Waals surface area contributed by atoms with E-state index >= 15 is 0 Å². The number of hydrogen-bond donors (Lipinski definition) is 3. The average molecular weight is 687 g/mol. The van der Waals surface area contributed by atoms with Gasteiger partial charge in [-0.3, -0.25) is 0 Å². The maximum Gasteiger partial charge on any atom is 1.00 e. The fraction of sp³-hybridized carbons (Fsp3) is 0. The van der Waals surface area contributed by atoms with Crippen molar-refractivity contribution in [3.05, 3.63) is 168 Å². The smallest absolute Gasteiger partial charge is 0.325 e. The minimum absolute atomic E-state index is 0. The van der Waals surface area contributed by atoms with Gasteiger partial charge in [0.25, 0.3) is 0 Å². The molecule has 0 spiro atoms. The molecule has 0 aliphatic carbocycles. The standard InChI is InChI=1S/C15H12N6.3C7H5N.Ru/c1-4-10-16-11(5-1)20-13-7-3-9-15(18-13)21-14-8-2-6-12(17-14)19-10;1-8-7-5-3-2-4-6-7;2*8-6-7-4-2-1-3-5-7;/h1-9H,(H3,16,17,18,19,20,21);2-6H;2*1-5H;/q;;;;+1. The second-order valence-electron chi connectivity index (χ2n) is 9.00. The van der Waals surface area contributed by atoms with Crippen LogP contribution in [0.1, 0.15) is 11.1 Å². The maximum absolute atomic E-state index is 8.29. The number of fused-ring (bicyclic) bond motifs is 6. The number of nitrogens with one attached hydrogen (secondary N) is 3. The van der Waals surface area contributed by atoms with Gasteiger partial charge in [0.1, 0.15) is 34.9 Å². The summed E-state index contributed by atoms with van der Waals surface area (Å²) in [5, 5.41) is 26.1. The third-order valence-corrected chi connectivity index (χ3v) is 5.71. The third kappa shape index (κ3) is 11.7. The normalized spacial score (nSPS) is 9.59. The van der Waals surface area contributed by atoms with E-state index in [2.05, 4.69) is 35.7 Å². The molecule has 0 saturated heterocycles. The van der Waals surface area contributed by atoms with E-state index in [1.807, 2.05) is 121 Å². The van der Waals surface area contributed by atoms with Gasteiger partial charge in [0, 0.05) is 0 Å². The van der Waals surface area contributed by atoms with Crippen molar-refractivity contribution < 1.29 is 19.5 Å². The minimum Gasteiger partial charge on any atom is -0.325 e. The zero-order valence-corrected chi connectivity index (χ0v) is 26.1. The van der Waals surface area contributed by atoms with Crippen LogP contribution in [0.5, 0.6) is 0 Å². The number of nitriles is 2. The van der Waals surface area contributed by atoms with E-state index in [1.165, 1.54) is 0 Å². The Labute approximate surface area is 280 Å². The largest absolute Gasteiger partial charge is 1.00 e. The SMILES string of the molecule is N#Cc1ccccc1.N#Cc1ccccc1.[C-]#[N+]c1ccccc1.[Ru+].c1cc2nc(c1)Nc1cccc(n1)Nc1cccc(n1)N2. The predicted octanol–water partition coefficient (Wildman–Crippen LogP) is 8.77. The Hall–Kier alpha value is -6.40. The zero-order chi connectivity index (χ0) is 31.5. The van der Waals surface area contributed by atoms with E-state index in [-0.39, 0.29) is 19.5 Å². The number of aromatic nitrogens is 3. The van der Waals surface area contributed by atoms with Crippen molar-refractivity contribution >= 4 is 40.6 Å². The molecule has 1 aliphatic rings. The van der Waals surface area contributed by atoms with E-state index in [9.17, 15) is 0 Å². The van der Waals surface area contributed by atoms with Gasteiger partial charge >= 0.3 is 19.5 Å². The van der Waals surface area contributed by atoms with Crippen molar-refractivity contribution in [1.82, 2.24) is 15.0 Å². The number of rotatable bonds is 0. The van der Waals surface area contributed by atoms with Crippen LogP contribution in [0.4, 0.5) is 40.6 Å². The molecule has 0 saturated carbocycles. The number of nitrogens with zero attached hydrogens (tertiary/aromatic N) is 6. The second kappa shape index (κ2) is 19.0. The quantitative estimate of drug-likeness (QED) is 0.107. The fourth-order valence-corrected chi connectivity index (χ4v) is 3.64. The molecule has 9 nitrogen and oxygen atoms in total. The molecule has 3 N–H and O–H groups in total. The predicted molar refractivity (Wildman–Crippen MR) is 178 cm³/mol. The molecule has 1 aliphatic heterocycles. The van der Waals surface area contributed by atoms with Crippen LogP contribution in [0.15, 0.2) is 146 Å². The van der Waals surface area contributed by atoms with Gasteiger partial charge in [-0.2, -0.15) is 10.5 Å². The van der Waals surface area contributed by atoms with E-state index in [0.717, 1.165) is 34.9 Å². The van der Waals surface area contributed by atoms with Crippen LogP contribution in [0.25, 0.3) is 4.85 Å². The number of benzene rings is 3. The van der Waals surface area contributed by atoms with Crippen molar-refractivity contribution in [3.63, 3.8) is 0 Å². The molecular weight excluding hydrogens is 660 g/mol. The summed E-state index contributed by atoms with van der Waals surface area (Å²) in [7, 11) is 0. The van der Waals surface area contributed by atoms with Crippen LogP contribution in [-0.4, -0.2) is 15.0 Å². The van der Waals surface area contributed by atoms with Gasteiger partial charge in [0.15, 0.2) is 5.69 Å². The minimum atomic E-state index is 0. The Morgan fingerprint density at radius 3 is 0.935 bits per heavy atom. The van der Waals surface area contributed by atoms with Crippen LogP contribution in [0.2, 0.25) is 0 Å². The Kier molecular flexibility index (Phi) is 14.1. The molecule has 0 atom stereocenters. The van der Waals surface area contributed by atoms with Crippen molar-refractivity contribution in [2.75, 3.05) is 16.0 Å². The Bertz CT molecular complexity index is 1640. The molecular formula is C36H27N9Ru+. The first-order chi connectivity index (χ1) is 22.1. The number of pyridine rings is 3. The summed E-state index contributed by atoms with van der Waals surface area (Å²) in [6.45, 7) is 6.57. The summed E-state index contributed by atoms with van der Waals surface area (Å²) in [5.74, 6) is 4.34. The van der Waals surface area contributed by atoms with Gasteiger partial charge in [-0.25, -0.2) is 19.8 Å². The summed E-state index contributed by atoms with van der Waals surface area (Å²) in [5.41, 5.74) is 2.13. The zero-order valence-electron chi connectivity index (χ0n) is 24.4. The van der Waals surface area contributed by atoms with Gasteiger partial charge < -0.3 is 16.0 Å². The van der Waals surface area contributed by atoms with E-state index in [0.29, 0.717) is 16.8 Å². The topological polar surface area (TPSA) is 127 Å². The fourth-order valence-electron chi connectivity index (χ4n) is 3.64. The Morgan fingerprint density at radius 1 is 0.435 bits per heavy atom. The number of para-hydroxylation sites is 1. The summed E-state index contributed by atoms with van der Waals surface area (Å²) in [6.07, 6.45) is 0. The molecule has 6 bridgehead atoms. The van der Waals surface area contributed by atoms with Crippen LogP contribution in [-0.2, 0) is 19.5 Å². The average Bonchev–Trinajstić information content (AvgIpc) is 3.10. The number of anilines is 6. The molecule has 10 heteroatoms.